The molecule has 0 fully saturated rings. The number of benzene rings is 1. The summed E-state index contributed by atoms with van der Waals surface area (Å²) in [6.45, 7) is 2.47. The molecule has 2 amide bonds. The summed E-state index contributed by atoms with van der Waals surface area (Å²) in [6, 6.07) is 7.34. The van der Waals surface area contributed by atoms with Crippen LogP contribution in [0, 0.1) is 5.92 Å². The van der Waals surface area contributed by atoms with Crippen molar-refractivity contribution in [3.63, 3.8) is 0 Å². The molecule has 3 N–H and O–H groups in total. The lowest BCUT2D eigenvalue weighted by molar-refractivity contribution is -0.120. The van der Waals surface area contributed by atoms with Crippen LogP contribution in [0.1, 0.15) is 12.5 Å². The van der Waals surface area contributed by atoms with Crippen molar-refractivity contribution >= 4 is 17.5 Å². The fourth-order valence-corrected chi connectivity index (χ4v) is 1.71. The Morgan fingerprint density at radius 2 is 1.89 bits per heavy atom. The quantitative estimate of drug-likeness (QED) is 0.710. The summed E-state index contributed by atoms with van der Waals surface area (Å²) in [6.07, 6.45) is 0.257. The van der Waals surface area contributed by atoms with Gasteiger partial charge in [-0.25, -0.2) is 0 Å². The molecule has 1 aromatic rings. The van der Waals surface area contributed by atoms with Crippen LogP contribution in [-0.2, 0) is 16.0 Å². The Labute approximate surface area is 113 Å². The molecule has 1 aromatic carbocycles. The van der Waals surface area contributed by atoms with Gasteiger partial charge in [0.1, 0.15) is 0 Å². The average Bonchev–Trinajstić information content (AvgIpc) is 2.41. The van der Waals surface area contributed by atoms with Crippen molar-refractivity contribution in [2.45, 2.75) is 13.3 Å². The second kappa shape index (κ2) is 7.53. The number of anilines is 1. The lowest BCUT2D eigenvalue weighted by atomic mass is 10.1. The predicted molar refractivity (Wildman–Crippen MR) is 75.9 cm³/mol. The first-order valence-electron chi connectivity index (χ1n) is 6.32. The van der Waals surface area contributed by atoms with Gasteiger partial charge in [0.05, 0.1) is 6.42 Å². The number of likely N-dealkylation sites (N-methyl/N-ethyl adjacent to an activating group) is 1. The Balaban J connectivity index is 2.77. The molecule has 19 heavy (non-hydrogen) atoms. The SMILES string of the molecule is CNCC(C)C(=O)Nc1ccccc1CC(=O)NC. The Hall–Kier alpha value is -1.88. The van der Waals surface area contributed by atoms with Crippen molar-refractivity contribution < 1.29 is 9.59 Å². The molecule has 0 saturated heterocycles. The molecule has 0 bridgehead atoms. The number of carbonyl (C=O) groups is 2. The van der Waals surface area contributed by atoms with Crippen LogP contribution in [0.2, 0.25) is 0 Å². The van der Waals surface area contributed by atoms with E-state index in [0.717, 1.165) is 5.56 Å². The molecule has 0 aliphatic carbocycles. The van der Waals surface area contributed by atoms with Crippen LogP contribution < -0.4 is 16.0 Å². The average molecular weight is 263 g/mol. The first-order valence-corrected chi connectivity index (χ1v) is 6.32. The largest absolute Gasteiger partial charge is 0.359 e. The molecular formula is C14H21N3O2. The summed E-state index contributed by atoms with van der Waals surface area (Å²) in [5.41, 5.74) is 1.51. The Bertz CT molecular complexity index is 446. The van der Waals surface area contributed by atoms with Gasteiger partial charge >= 0.3 is 0 Å². The minimum atomic E-state index is -0.127. The summed E-state index contributed by atoms with van der Waals surface area (Å²) in [5, 5.41) is 8.41. The summed E-state index contributed by atoms with van der Waals surface area (Å²) in [4.78, 5) is 23.4. The molecule has 0 aliphatic heterocycles. The molecule has 0 saturated carbocycles. The monoisotopic (exact) mass is 263 g/mol. The fraction of sp³-hybridized carbons (Fsp3) is 0.429. The molecule has 104 valence electrons. The third-order valence-electron chi connectivity index (χ3n) is 2.86. The molecule has 1 atom stereocenters. The van der Waals surface area contributed by atoms with Crippen LogP contribution in [0.5, 0.6) is 0 Å². The highest BCUT2D eigenvalue weighted by molar-refractivity contribution is 5.94. The minimum Gasteiger partial charge on any atom is -0.359 e. The van der Waals surface area contributed by atoms with Gasteiger partial charge in [-0.15, -0.1) is 0 Å². The molecule has 0 heterocycles. The van der Waals surface area contributed by atoms with Gasteiger partial charge in [-0.05, 0) is 18.7 Å². The second-order valence-corrected chi connectivity index (χ2v) is 4.46. The van der Waals surface area contributed by atoms with E-state index in [1.54, 1.807) is 7.05 Å². The Kier molecular flexibility index (Phi) is 6.02. The molecule has 5 heteroatoms. The molecule has 0 spiro atoms. The van der Waals surface area contributed by atoms with Gasteiger partial charge in [0.2, 0.25) is 11.8 Å². The van der Waals surface area contributed by atoms with E-state index < -0.39 is 0 Å². The van der Waals surface area contributed by atoms with E-state index in [2.05, 4.69) is 16.0 Å². The first kappa shape index (κ1) is 15.2. The number of carbonyl (C=O) groups excluding carboxylic acids is 2. The van der Waals surface area contributed by atoms with Crippen LogP contribution in [0.15, 0.2) is 24.3 Å². The summed E-state index contributed by atoms with van der Waals surface area (Å²) in [5.74, 6) is -0.262. The van der Waals surface area contributed by atoms with Crippen molar-refractivity contribution in [2.75, 3.05) is 26.0 Å². The maximum Gasteiger partial charge on any atom is 0.228 e. The van der Waals surface area contributed by atoms with Gasteiger partial charge in [0, 0.05) is 25.2 Å². The number of hydrogen-bond donors (Lipinski definition) is 3. The van der Waals surface area contributed by atoms with E-state index in [1.165, 1.54) is 0 Å². The van der Waals surface area contributed by atoms with Gasteiger partial charge in [-0.2, -0.15) is 0 Å². The normalized spacial score (nSPS) is 11.7. The van der Waals surface area contributed by atoms with Gasteiger partial charge in [-0.1, -0.05) is 25.1 Å². The highest BCUT2D eigenvalue weighted by atomic mass is 16.2. The van der Waals surface area contributed by atoms with Crippen LogP contribution in [0.3, 0.4) is 0 Å². The van der Waals surface area contributed by atoms with Crippen molar-refractivity contribution in [1.29, 1.82) is 0 Å². The van der Waals surface area contributed by atoms with Crippen LogP contribution in [-0.4, -0.2) is 32.5 Å². The highest BCUT2D eigenvalue weighted by Gasteiger charge is 2.14. The maximum absolute atomic E-state index is 12.0. The standard InChI is InChI=1S/C14H21N3O2/c1-10(9-15-2)14(19)17-12-7-5-4-6-11(12)8-13(18)16-3/h4-7,10,15H,8-9H2,1-3H3,(H,16,18)(H,17,19). The third kappa shape index (κ3) is 4.71. The summed E-state index contributed by atoms with van der Waals surface area (Å²) >= 11 is 0. The second-order valence-electron chi connectivity index (χ2n) is 4.46. The molecular weight excluding hydrogens is 242 g/mol. The fourth-order valence-electron chi connectivity index (χ4n) is 1.71. The Morgan fingerprint density at radius 1 is 1.21 bits per heavy atom. The number of hydrogen-bond acceptors (Lipinski definition) is 3. The van der Waals surface area contributed by atoms with Gasteiger partial charge in [0.15, 0.2) is 0 Å². The molecule has 1 unspecified atom stereocenters. The van der Waals surface area contributed by atoms with Crippen molar-refractivity contribution in [1.82, 2.24) is 10.6 Å². The van der Waals surface area contributed by atoms with Crippen LogP contribution in [0.25, 0.3) is 0 Å². The zero-order valence-electron chi connectivity index (χ0n) is 11.6. The number of nitrogens with one attached hydrogen (secondary N) is 3. The summed E-state index contributed by atoms with van der Waals surface area (Å²) < 4.78 is 0. The van der Waals surface area contributed by atoms with E-state index in [-0.39, 0.29) is 24.2 Å². The number of amides is 2. The molecule has 1 rings (SSSR count). The third-order valence-corrected chi connectivity index (χ3v) is 2.86. The van der Waals surface area contributed by atoms with Crippen molar-refractivity contribution in [2.24, 2.45) is 5.92 Å². The summed E-state index contributed by atoms with van der Waals surface area (Å²) in [7, 11) is 3.40. The van der Waals surface area contributed by atoms with E-state index in [9.17, 15) is 9.59 Å². The molecule has 0 radical (unpaired) electrons. The van der Waals surface area contributed by atoms with Gasteiger partial charge in [-0.3, -0.25) is 9.59 Å². The predicted octanol–water partition coefficient (Wildman–Crippen LogP) is 0.769. The van der Waals surface area contributed by atoms with Crippen LogP contribution >= 0.6 is 0 Å². The highest BCUT2D eigenvalue weighted by Crippen LogP contribution is 2.16. The minimum absolute atomic E-state index is 0.0568. The van der Waals surface area contributed by atoms with Crippen molar-refractivity contribution in [3.05, 3.63) is 29.8 Å². The molecule has 0 aromatic heterocycles. The van der Waals surface area contributed by atoms with E-state index in [1.807, 2.05) is 38.2 Å². The lowest BCUT2D eigenvalue weighted by Gasteiger charge is -2.14. The first-order chi connectivity index (χ1) is 9.08. The maximum atomic E-state index is 12.0. The van der Waals surface area contributed by atoms with E-state index in [4.69, 9.17) is 0 Å². The molecule has 0 aliphatic rings. The van der Waals surface area contributed by atoms with Crippen molar-refractivity contribution in [3.8, 4) is 0 Å². The van der Waals surface area contributed by atoms with Crippen LogP contribution in [0.4, 0.5) is 5.69 Å². The van der Waals surface area contributed by atoms with E-state index >= 15 is 0 Å². The topological polar surface area (TPSA) is 70.2 Å². The van der Waals surface area contributed by atoms with Gasteiger partial charge < -0.3 is 16.0 Å². The zero-order chi connectivity index (χ0) is 14.3. The molecule has 5 nitrogen and oxygen atoms in total. The number of rotatable bonds is 6. The van der Waals surface area contributed by atoms with Gasteiger partial charge in [0.25, 0.3) is 0 Å². The number of para-hydroxylation sites is 1. The zero-order valence-corrected chi connectivity index (χ0v) is 11.6. The smallest absolute Gasteiger partial charge is 0.228 e. The lowest BCUT2D eigenvalue weighted by Crippen LogP contribution is -2.29. The Morgan fingerprint density at radius 3 is 2.53 bits per heavy atom. The van der Waals surface area contributed by atoms with E-state index in [0.29, 0.717) is 12.2 Å².